The molecule has 10 amide bonds. The molecule has 141 heavy (non-hydrogen) atoms. The lowest BCUT2D eigenvalue weighted by atomic mass is 9.83. The Hall–Kier alpha value is -11.0. The number of carboxylic acid groups (broad SMARTS) is 4. The smallest absolute Gasteiger partial charge is 0.409 e. The molecule has 55 heteroatoms. The number of allylic oxidation sites excluding steroid dienone is 3. The first kappa shape index (κ1) is 119. The first-order valence-electron chi connectivity index (χ1n) is 44.8. The zero-order valence-electron chi connectivity index (χ0n) is 79.2. The van der Waals surface area contributed by atoms with Crippen molar-refractivity contribution in [3.63, 3.8) is 0 Å². The van der Waals surface area contributed by atoms with Crippen LogP contribution in [0.25, 0.3) is 0 Å². The van der Waals surface area contributed by atoms with Crippen molar-refractivity contribution < 1.29 is 161 Å². The maximum atomic E-state index is 15.8. The number of amides is 10. The lowest BCUT2D eigenvalue weighted by Gasteiger charge is -2.42. The monoisotopic (exact) mass is 2100 g/mol. The Kier molecular flexibility index (Phi) is 46.8. The van der Waals surface area contributed by atoms with Crippen LogP contribution in [0.5, 0.6) is 5.75 Å². The zero-order valence-corrected chi connectivity index (χ0v) is 83.3. The summed E-state index contributed by atoms with van der Waals surface area (Å²) >= 11 is 3.50. The Labute approximate surface area is 826 Å². The van der Waals surface area contributed by atoms with Crippen molar-refractivity contribution in [3.8, 4) is 5.75 Å². The van der Waals surface area contributed by atoms with Gasteiger partial charge in [0.1, 0.15) is 88.2 Å². The summed E-state index contributed by atoms with van der Waals surface area (Å²) in [6.45, 7) is 7.47. The molecule has 2 aromatic rings. The highest BCUT2D eigenvalue weighted by molar-refractivity contribution is 8.77. The molecule has 0 radical (unpaired) electrons. The first-order valence-corrected chi connectivity index (χ1v) is 50.2. The van der Waals surface area contributed by atoms with Crippen LogP contribution in [-0.2, 0) is 123 Å². The van der Waals surface area contributed by atoms with Crippen molar-refractivity contribution >= 4 is 166 Å². The van der Waals surface area contributed by atoms with Crippen molar-refractivity contribution in [1.29, 1.82) is 5.41 Å². The summed E-state index contributed by atoms with van der Waals surface area (Å²) in [7, 11) is 2.62. The number of rotatable bonds is 52. The van der Waals surface area contributed by atoms with E-state index >= 15 is 13.2 Å². The molecule has 21 N–H and O–H groups in total. The number of nitrogens with zero attached hydrogens (tertiary/aromatic N) is 2. The number of carbonyl (C=O) groups excluding carboxylic acids is 11. The van der Waals surface area contributed by atoms with Gasteiger partial charge >= 0.3 is 35.9 Å². The maximum absolute atomic E-state index is 15.8. The number of anilines is 3. The third-order valence-electron chi connectivity index (χ3n) is 23.4. The predicted molar refractivity (Wildman–Crippen MR) is 503 cm³/mol. The van der Waals surface area contributed by atoms with Crippen molar-refractivity contribution in [2.75, 3.05) is 101 Å². The number of sulfone groups is 1. The van der Waals surface area contributed by atoms with Crippen LogP contribution in [0.15, 0.2) is 40.8 Å². The number of methoxy groups -OCH3 is 2. The molecule has 1 aliphatic carbocycles. The molecular weight excluding hydrogens is 1970 g/mol. The number of esters is 1. The minimum absolute atomic E-state index is 0.0907. The summed E-state index contributed by atoms with van der Waals surface area (Å²) < 4.78 is 137. The van der Waals surface area contributed by atoms with Crippen LogP contribution in [0, 0.1) is 34.7 Å². The number of nitrogens with one attached hydrogen (secondary N) is 12. The van der Waals surface area contributed by atoms with Gasteiger partial charge in [0.2, 0.25) is 53.2 Å². The van der Waals surface area contributed by atoms with E-state index in [0.29, 0.717) is 37.7 Å². The third-order valence-corrected chi connectivity index (χ3v) is 29.3. The summed E-state index contributed by atoms with van der Waals surface area (Å²) in [5.41, 5.74) is 7.34. The van der Waals surface area contributed by atoms with Crippen LogP contribution in [0.4, 0.5) is 35.0 Å². The van der Waals surface area contributed by atoms with Gasteiger partial charge in [-0.15, -0.1) is 0 Å². The molecule has 47 nitrogen and oxygen atoms in total. The van der Waals surface area contributed by atoms with Crippen molar-refractivity contribution in [3.05, 3.63) is 64.0 Å². The number of benzene rings is 2. The molecular formula is C86H125ClF3N16O31S4-. The van der Waals surface area contributed by atoms with Crippen LogP contribution < -0.4 is 79.0 Å². The normalized spacial score (nSPS) is 21.4. The molecule has 2 saturated heterocycles. The summed E-state index contributed by atoms with van der Waals surface area (Å²) in [5, 5.41) is 82.2. The number of hydrogen-bond donors (Lipinski definition) is 19. The summed E-state index contributed by atoms with van der Waals surface area (Å²) in [6, 6.07) is -8.01. The number of likely N-dealkylation sites (N-methyl/N-ethyl adjacent to an activating group) is 1. The average Bonchev–Trinajstić information content (AvgIpc) is 1.57. The fraction of sp³-hybridized carbons (Fsp3) is 0.628. The van der Waals surface area contributed by atoms with Gasteiger partial charge in [-0.2, -0.15) is 0 Å². The lowest BCUT2D eigenvalue weighted by Crippen LogP contribution is -2.63. The fourth-order valence-corrected chi connectivity index (χ4v) is 20.2. The predicted octanol–water partition coefficient (Wildman–Crippen LogP) is 1.85. The second-order valence-corrected chi connectivity index (χ2v) is 41.0. The van der Waals surface area contributed by atoms with Crippen LogP contribution in [0.3, 0.4) is 0 Å². The molecule has 4 bridgehead atoms. The third kappa shape index (κ3) is 37.1. The van der Waals surface area contributed by atoms with Crippen molar-refractivity contribution in [2.24, 2.45) is 23.3 Å². The van der Waals surface area contributed by atoms with Gasteiger partial charge in [-0.1, -0.05) is 96.0 Å². The number of carbonyl (C=O) groups is 15. The molecule has 788 valence electrons. The number of fused-ring (bicyclic) bond motifs is 5. The molecule has 1 saturated carbocycles. The Morgan fingerprint density at radius 3 is 2.04 bits per heavy atom. The Morgan fingerprint density at radius 1 is 0.801 bits per heavy atom. The van der Waals surface area contributed by atoms with E-state index in [1.807, 2.05) is 6.92 Å². The standard InChI is InChI=1S/C86H126ClF3N16O31S4/c1-44-18-16-22-58(132-10)86(126)40-57(135-83(125)103-86)45(2)74-85(6,137-74)59(39-63(110)106(8)55-33-47(32-44)34-56(131-9)67(55)87)136-81(124)46(3)105(7)62(109)23-25-84(4,5)139-138-42-54(80(122)123)102-79(121)53(38-66(115)116)100-76(118)50(91)41-96-77(119)52(37-65(113)114)101-78(120)51(21-17-26-95-82(92)93)99-75(117)48(36-64(111)112)35-61(108)97-43-134-30-29-133-28-27-94-60(107)24-31-141(129,130)73-69(89)68(88)71(104-140(127)128)70(90)72(73)98-49-19-14-12-11-13-15-20-49/h16,18,22,33-34,45-46,48-54,57-59,74,98,104,126H,11-15,17,19-21,23-32,35-43,91H2,1-10H3,(H,94,107)(H,96,119)(H,97,108)(H,99,117)(H,100,118)(H,101,120)(H,102,121)(H,103,125)(H,111,112)(H,113,114)(H,115,116)(H,122,123)(H,127,128)(H4,92,93,95)/p-1/b22-16+,44-18-/t45?,46?,48?,50-,51?,52?,53-,54-,57?,58?,59?,74?,85?,86?/m0/s1. The fourth-order valence-electron chi connectivity index (χ4n) is 15.3. The number of carboxylic acids is 4. The van der Waals surface area contributed by atoms with Crippen LogP contribution >= 0.6 is 33.2 Å². The van der Waals surface area contributed by atoms with Crippen LogP contribution in [-0.4, -0.2) is 311 Å². The molecule has 4 aliphatic rings. The molecule has 3 heterocycles. The molecule has 12 unspecified atom stereocenters. The van der Waals surface area contributed by atoms with E-state index < -0.39 is 314 Å². The van der Waals surface area contributed by atoms with E-state index in [1.54, 1.807) is 58.1 Å². The van der Waals surface area contributed by atoms with Gasteiger partial charge < -0.3 is 137 Å². The minimum Gasteiger partial charge on any atom is -0.755 e. The zero-order chi connectivity index (χ0) is 105. The number of guanidine groups is 1. The first-order chi connectivity index (χ1) is 66.2. The average molecular weight is 2100 g/mol. The van der Waals surface area contributed by atoms with Gasteiger partial charge in [-0.05, 0) is 90.8 Å². The summed E-state index contributed by atoms with van der Waals surface area (Å²) in [5.74, 6) is -27.2. The second kappa shape index (κ2) is 55.6. The molecule has 3 aliphatic heterocycles. The molecule has 0 spiro atoms. The number of aliphatic hydroxyl groups is 1. The minimum atomic E-state index is -4.99. The number of ether oxygens (including phenoxy) is 7. The molecule has 0 aromatic heterocycles. The van der Waals surface area contributed by atoms with E-state index in [0.717, 1.165) is 51.3 Å². The topological polar surface area (TPSA) is 714 Å². The lowest BCUT2D eigenvalue weighted by molar-refractivity contribution is -0.162. The molecule has 6 rings (SSSR count). The Balaban J connectivity index is 0.983. The number of halogens is 4. The van der Waals surface area contributed by atoms with Gasteiger partial charge in [0, 0.05) is 100 Å². The van der Waals surface area contributed by atoms with Gasteiger partial charge in [-0.3, -0.25) is 72.5 Å². The summed E-state index contributed by atoms with van der Waals surface area (Å²) in [6.07, 6.45) is -1.64. The largest absolute Gasteiger partial charge is 0.755 e. The van der Waals surface area contributed by atoms with E-state index in [-0.39, 0.29) is 75.1 Å². The SMILES string of the molecule is COc1cc2cc(c1Cl)N(C)C(=O)CC(OC(=O)C(C)N(C)C(=O)CCC(C)(C)SSC[C@H](NC(=O)[C@H](CC(=O)O)NC(=O)[C@@H](N)CNC(=O)C(CC(=O)O)NC(=O)C(CCCNC(=N)N)NC(=O)C(CC(=O)O)CC(=O)NCOCCOCCNC(=O)CCS(=O)(=O)c1c(F)c(F)c(NS(=O)[O-])c(F)c1NC1CCCCCCC1)C(=O)O)C1(C)OC1C(C)C1CC(O)(NC(=O)O1)C(OC)/C=C/C=C(/C)C2. The number of epoxide rings is 1. The maximum Gasteiger partial charge on any atom is 0.409 e. The van der Waals surface area contributed by atoms with Crippen LogP contribution in [0.1, 0.15) is 163 Å². The molecule has 3 fully saturated rings. The van der Waals surface area contributed by atoms with Gasteiger partial charge in [0.15, 0.2) is 39.0 Å². The number of alkyl carbamates (subject to hydrolysis) is 1. The van der Waals surface area contributed by atoms with E-state index in [4.69, 9.17) is 61.6 Å². The van der Waals surface area contributed by atoms with E-state index in [9.17, 15) is 115 Å². The summed E-state index contributed by atoms with van der Waals surface area (Å²) in [4.78, 5) is 201. The van der Waals surface area contributed by atoms with E-state index in [2.05, 4.69) is 53.2 Å². The highest BCUT2D eigenvalue weighted by Crippen LogP contribution is 2.50. The Morgan fingerprint density at radius 2 is 1.42 bits per heavy atom. The van der Waals surface area contributed by atoms with Gasteiger partial charge in [0.25, 0.3) is 0 Å². The molecule has 15 atom stereocenters. The van der Waals surface area contributed by atoms with Crippen molar-refractivity contribution in [1.82, 2.24) is 52.8 Å². The van der Waals surface area contributed by atoms with Gasteiger partial charge in [-0.25, -0.2) is 36.0 Å². The van der Waals surface area contributed by atoms with Gasteiger partial charge in [0.05, 0.1) is 81.8 Å². The molecule has 2 aromatic carbocycles. The van der Waals surface area contributed by atoms with Crippen molar-refractivity contribution in [2.45, 2.75) is 251 Å². The number of nitrogens with two attached hydrogens (primary N) is 2. The second-order valence-electron chi connectivity index (χ2n) is 34.9. The highest BCUT2D eigenvalue weighted by Gasteiger charge is 2.65. The number of hydrogen-bond acceptors (Lipinski definition) is 32. The van der Waals surface area contributed by atoms with Crippen LogP contribution in [0.2, 0.25) is 5.02 Å². The van der Waals surface area contributed by atoms with E-state index in [1.165, 1.54) is 44.9 Å². The number of aliphatic carboxylic acids is 4. The Bertz CT molecular complexity index is 5050. The quantitative estimate of drug-likeness (QED) is 0.00517. The highest BCUT2D eigenvalue weighted by atomic mass is 35.5.